The molecule has 0 unspecified atom stereocenters. The maximum Gasteiger partial charge on any atom is 0.306 e. The van der Waals surface area contributed by atoms with Crippen molar-refractivity contribution in [2.45, 2.75) is 58.1 Å². The number of amides is 2. The molecular formula is C35H39F4N3O6. The summed E-state index contributed by atoms with van der Waals surface area (Å²) in [7, 11) is 1.42. The molecule has 0 bridgehead atoms. The Bertz CT molecular complexity index is 1510. The van der Waals surface area contributed by atoms with E-state index in [0.717, 1.165) is 17.5 Å². The summed E-state index contributed by atoms with van der Waals surface area (Å²) in [6.45, 7) is 0.634. The normalized spacial score (nSPS) is 12.1. The second-order valence-corrected chi connectivity index (χ2v) is 11.0. The van der Waals surface area contributed by atoms with Gasteiger partial charge in [-0.05, 0) is 31.0 Å². The van der Waals surface area contributed by atoms with Gasteiger partial charge in [-0.3, -0.25) is 19.2 Å². The highest BCUT2D eigenvalue weighted by Gasteiger charge is 2.32. The predicted octanol–water partition coefficient (Wildman–Crippen LogP) is 5.16. The fourth-order valence-electron chi connectivity index (χ4n) is 4.79. The number of hydrogen-bond donors (Lipinski definition) is 3. The minimum absolute atomic E-state index is 0.00469. The Hall–Kier alpha value is -4.78. The van der Waals surface area contributed by atoms with Crippen molar-refractivity contribution in [1.82, 2.24) is 16.0 Å². The van der Waals surface area contributed by atoms with E-state index in [1.54, 1.807) is 54.6 Å². The Morgan fingerprint density at radius 1 is 0.812 bits per heavy atom. The van der Waals surface area contributed by atoms with Crippen molar-refractivity contribution in [2.24, 2.45) is 5.92 Å². The first-order chi connectivity index (χ1) is 23.1. The van der Waals surface area contributed by atoms with Gasteiger partial charge in [0.1, 0.15) is 18.8 Å². The zero-order valence-electron chi connectivity index (χ0n) is 26.8. The number of esters is 1. The summed E-state index contributed by atoms with van der Waals surface area (Å²) in [5.74, 6) is -14.0. The molecule has 2 atom stereocenters. The molecule has 0 heterocycles. The van der Waals surface area contributed by atoms with Crippen molar-refractivity contribution in [1.29, 1.82) is 0 Å². The second kappa shape index (κ2) is 19.1. The van der Waals surface area contributed by atoms with Crippen LogP contribution in [0.4, 0.5) is 17.6 Å². The number of benzene rings is 3. The standard InChI is InChI=1S/C35H39F4N3O6/c1-3-4-7-16-25(26(43)20-48-33-31(38)29(36)28(30(37)32(33)39)35(46)41-21-40-2)42-34(45)24(17-22-12-8-5-9-13-22)18-27(44)47-19-23-14-10-6-11-15-23/h5-6,8-15,24-25,40H,3-4,7,16-21H2,1-2H3,(H,41,46)(H,42,45)/t24-,25+/m1/s1. The molecule has 0 fully saturated rings. The zero-order chi connectivity index (χ0) is 35.1. The van der Waals surface area contributed by atoms with Gasteiger partial charge in [0.05, 0.1) is 25.0 Å². The fraction of sp³-hybridized carbons (Fsp3) is 0.371. The molecule has 3 N–H and O–H groups in total. The second-order valence-electron chi connectivity index (χ2n) is 11.0. The van der Waals surface area contributed by atoms with Crippen molar-refractivity contribution >= 4 is 23.6 Å². The molecule has 0 saturated carbocycles. The fourth-order valence-corrected chi connectivity index (χ4v) is 4.79. The highest BCUT2D eigenvalue weighted by atomic mass is 19.2. The number of rotatable bonds is 19. The van der Waals surface area contributed by atoms with Crippen LogP contribution in [0, 0.1) is 29.2 Å². The lowest BCUT2D eigenvalue weighted by molar-refractivity contribution is -0.148. The molecule has 13 heteroatoms. The summed E-state index contributed by atoms with van der Waals surface area (Å²) in [5.41, 5.74) is 0.0232. The van der Waals surface area contributed by atoms with Crippen molar-refractivity contribution < 1.29 is 46.2 Å². The molecule has 0 saturated heterocycles. The van der Waals surface area contributed by atoms with Crippen molar-refractivity contribution in [3.8, 4) is 5.75 Å². The minimum Gasteiger partial charge on any atom is -0.479 e. The largest absolute Gasteiger partial charge is 0.479 e. The molecule has 2 amide bonds. The van der Waals surface area contributed by atoms with E-state index in [1.165, 1.54) is 7.05 Å². The number of carbonyl (C=O) groups excluding carboxylic acids is 4. The molecule has 0 radical (unpaired) electrons. The maximum atomic E-state index is 14.8. The third kappa shape index (κ3) is 10.9. The van der Waals surface area contributed by atoms with E-state index in [2.05, 4.69) is 10.6 Å². The van der Waals surface area contributed by atoms with E-state index >= 15 is 0 Å². The molecule has 3 rings (SSSR count). The minimum atomic E-state index is -2.00. The summed E-state index contributed by atoms with van der Waals surface area (Å²) in [6.07, 6.45) is 1.91. The highest BCUT2D eigenvalue weighted by Crippen LogP contribution is 2.30. The first-order valence-electron chi connectivity index (χ1n) is 15.5. The van der Waals surface area contributed by atoms with Crippen LogP contribution in [0.25, 0.3) is 0 Å². The van der Waals surface area contributed by atoms with Crippen LogP contribution in [0.2, 0.25) is 0 Å². The van der Waals surface area contributed by atoms with E-state index in [0.29, 0.717) is 12.8 Å². The van der Waals surface area contributed by atoms with Gasteiger partial charge in [-0.1, -0.05) is 86.8 Å². The summed E-state index contributed by atoms with van der Waals surface area (Å²) >= 11 is 0. The van der Waals surface area contributed by atoms with E-state index in [9.17, 15) is 36.7 Å². The van der Waals surface area contributed by atoms with Crippen LogP contribution < -0.4 is 20.7 Å². The number of ether oxygens (including phenoxy) is 2. The Morgan fingerprint density at radius 3 is 2.00 bits per heavy atom. The number of nitrogens with one attached hydrogen (secondary N) is 3. The molecule has 0 aliphatic carbocycles. The lowest BCUT2D eigenvalue weighted by Crippen LogP contribution is -2.46. The third-order valence-electron chi connectivity index (χ3n) is 7.39. The van der Waals surface area contributed by atoms with E-state index in [4.69, 9.17) is 9.47 Å². The molecule has 3 aromatic rings. The number of carbonyl (C=O) groups is 4. The molecular weight excluding hydrogens is 634 g/mol. The smallest absolute Gasteiger partial charge is 0.306 e. The van der Waals surface area contributed by atoms with Gasteiger partial charge in [-0.25, -0.2) is 8.78 Å². The molecule has 0 spiro atoms. The molecule has 0 aromatic heterocycles. The van der Waals surface area contributed by atoms with Crippen LogP contribution in [-0.4, -0.2) is 49.9 Å². The van der Waals surface area contributed by atoms with Crippen molar-refractivity contribution in [3.63, 3.8) is 0 Å². The number of hydrogen-bond acceptors (Lipinski definition) is 7. The van der Waals surface area contributed by atoms with Crippen molar-refractivity contribution in [2.75, 3.05) is 20.3 Å². The monoisotopic (exact) mass is 673 g/mol. The molecule has 48 heavy (non-hydrogen) atoms. The van der Waals surface area contributed by atoms with Crippen LogP contribution in [0.15, 0.2) is 60.7 Å². The van der Waals surface area contributed by atoms with Gasteiger partial charge in [-0.2, -0.15) is 8.78 Å². The van der Waals surface area contributed by atoms with Gasteiger partial charge in [-0.15, -0.1) is 0 Å². The van der Waals surface area contributed by atoms with Gasteiger partial charge < -0.3 is 25.4 Å². The van der Waals surface area contributed by atoms with Gasteiger partial charge in [0.2, 0.25) is 17.5 Å². The van der Waals surface area contributed by atoms with Crippen LogP contribution >= 0.6 is 0 Å². The summed E-state index contributed by atoms with van der Waals surface area (Å²) < 4.78 is 69.1. The molecule has 3 aromatic carbocycles. The van der Waals surface area contributed by atoms with Crippen molar-refractivity contribution in [3.05, 3.63) is 101 Å². The van der Waals surface area contributed by atoms with Crippen LogP contribution in [-0.2, 0) is 32.1 Å². The average Bonchev–Trinajstić information content (AvgIpc) is 3.09. The Kier molecular flexibility index (Phi) is 15.0. The van der Waals surface area contributed by atoms with Crippen LogP contribution in [0.3, 0.4) is 0 Å². The maximum absolute atomic E-state index is 14.8. The number of Topliss-reactive ketones (excluding diaryl/α,β-unsaturated/α-hetero) is 1. The topological polar surface area (TPSA) is 123 Å². The number of unbranched alkanes of at least 4 members (excludes halogenated alkanes) is 2. The van der Waals surface area contributed by atoms with E-state index in [-0.39, 0.29) is 32.5 Å². The van der Waals surface area contributed by atoms with Crippen LogP contribution in [0.5, 0.6) is 5.75 Å². The molecule has 0 aliphatic rings. The predicted molar refractivity (Wildman–Crippen MR) is 169 cm³/mol. The molecule has 258 valence electrons. The Labute approximate surface area is 276 Å². The molecule has 9 nitrogen and oxygen atoms in total. The lowest BCUT2D eigenvalue weighted by Gasteiger charge is -2.22. The van der Waals surface area contributed by atoms with E-state index in [1.807, 2.05) is 18.3 Å². The van der Waals surface area contributed by atoms with E-state index < -0.39 is 76.7 Å². The van der Waals surface area contributed by atoms with Gasteiger partial charge in [0, 0.05) is 0 Å². The highest BCUT2D eigenvalue weighted by molar-refractivity contribution is 5.95. The zero-order valence-corrected chi connectivity index (χ0v) is 26.8. The van der Waals surface area contributed by atoms with Crippen LogP contribution in [0.1, 0.15) is 60.5 Å². The summed E-state index contributed by atoms with van der Waals surface area (Å²) in [4.78, 5) is 51.7. The Morgan fingerprint density at radius 2 is 1.42 bits per heavy atom. The first kappa shape index (κ1) is 37.7. The first-order valence-corrected chi connectivity index (χ1v) is 15.5. The summed E-state index contributed by atoms with van der Waals surface area (Å²) in [6, 6.07) is 16.7. The summed E-state index contributed by atoms with van der Waals surface area (Å²) in [5, 5.41) is 7.15. The van der Waals surface area contributed by atoms with Gasteiger partial charge in [0.15, 0.2) is 23.2 Å². The number of halogens is 4. The van der Waals surface area contributed by atoms with Gasteiger partial charge in [0.25, 0.3) is 5.91 Å². The third-order valence-corrected chi connectivity index (χ3v) is 7.39. The quantitative estimate of drug-likeness (QED) is 0.0529. The SMILES string of the molecule is CCCCC[C@H](NC(=O)[C@@H](CC(=O)OCc1ccccc1)Cc1ccccc1)C(=O)COc1c(F)c(F)c(C(=O)NCNC)c(F)c1F. The lowest BCUT2D eigenvalue weighted by atomic mass is 9.94. The number of ketones is 1. The molecule has 0 aliphatic heterocycles. The van der Waals surface area contributed by atoms with Gasteiger partial charge >= 0.3 is 5.97 Å². The average molecular weight is 674 g/mol. The Balaban J connectivity index is 1.77.